The van der Waals surface area contributed by atoms with Crippen LogP contribution >= 0.6 is 0 Å². The topological polar surface area (TPSA) is 54.7 Å². The van der Waals surface area contributed by atoms with E-state index in [1.807, 2.05) is 0 Å². The molecule has 2 aliphatic carbocycles. The van der Waals surface area contributed by atoms with Gasteiger partial charge < -0.3 is 5.73 Å². The number of H-pyrrole nitrogens is 1. The van der Waals surface area contributed by atoms with Crippen molar-refractivity contribution in [3.63, 3.8) is 0 Å². The quantitative estimate of drug-likeness (QED) is 0.747. The van der Waals surface area contributed by atoms with E-state index in [4.69, 9.17) is 5.73 Å². The molecule has 1 atom stereocenters. The zero-order valence-corrected chi connectivity index (χ0v) is 8.42. The standard InChI is InChI=1S/C11H17N3/c12-6-8-2-1-3-9-10(7-4-5-7)13-14-11(8)9/h7-8H,1-6,12H2,(H,13,14). The Morgan fingerprint density at radius 1 is 1.36 bits per heavy atom. The number of nitrogens with two attached hydrogens (primary N) is 1. The second-order valence-corrected chi connectivity index (χ2v) is 4.60. The van der Waals surface area contributed by atoms with Crippen molar-refractivity contribution in [1.82, 2.24) is 10.2 Å². The maximum atomic E-state index is 5.77. The number of nitrogens with zero attached hydrogens (tertiary/aromatic N) is 1. The molecule has 3 rings (SSSR count). The Morgan fingerprint density at radius 3 is 2.93 bits per heavy atom. The van der Waals surface area contributed by atoms with Crippen LogP contribution in [0, 0.1) is 0 Å². The van der Waals surface area contributed by atoms with Gasteiger partial charge in [0.25, 0.3) is 0 Å². The molecular weight excluding hydrogens is 174 g/mol. The number of hydrogen-bond acceptors (Lipinski definition) is 2. The van der Waals surface area contributed by atoms with Gasteiger partial charge in [-0.3, -0.25) is 5.10 Å². The fourth-order valence-corrected chi connectivity index (χ4v) is 2.59. The first-order valence-corrected chi connectivity index (χ1v) is 5.67. The third kappa shape index (κ3) is 1.19. The Hall–Kier alpha value is -0.830. The monoisotopic (exact) mass is 191 g/mol. The zero-order valence-electron chi connectivity index (χ0n) is 8.42. The molecule has 0 amide bonds. The molecule has 1 aromatic heterocycles. The summed E-state index contributed by atoms with van der Waals surface area (Å²) in [4.78, 5) is 0. The van der Waals surface area contributed by atoms with Crippen LogP contribution < -0.4 is 5.73 Å². The fraction of sp³-hybridized carbons (Fsp3) is 0.727. The molecule has 0 aromatic carbocycles. The van der Waals surface area contributed by atoms with Crippen LogP contribution in [0.4, 0.5) is 0 Å². The molecule has 1 unspecified atom stereocenters. The van der Waals surface area contributed by atoms with Gasteiger partial charge in [-0.15, -0.1) is 0 Å². The zero-order chi connectivity index (χ0) is 9.54. The van der Waals surface area contributed by atoms with Crippen LogP contribution in [0.2, 0.25) is 0 Å². The summed E-state index contributed by atoms with van der Waals surface area (Å²) >= 11 is 0. The molecule has 1 saturated carbocycles. The SMILES string of the molecule is NCC1CCCc2c(C3CC3)n[nH]c21. The normalized spacial score (nSPS) is 26.2. The molecule has 3 nitrogen and oxygen atoms in total. The summed E-state index contributed by atoms with van der Waals surface area (Å²) in [5, 5.41) is 7.70. The highest BCUT2D eigenvalue weighted by molar-refractivity contribution is 5.34. The van der Waals surface area contributed by atoms with E-state index in [9.17, 15) is 0 Å². The third-order valence-electron chi connectivity index (χ3n) is 3.57. The van der Waals surface area contributed by atoms with Crippen molar-refractivity contribution in [1.29, 1.82) is 0 Å². The van der Waals surface area contributed by atoms with E-state index < -0.39 is 0 Å². The maximum Gasteiger partial charge on any atom is 0.0687 e. The van der Waals surface area contributed by atoms with Crippen LogP contribution in [0.25, 0.3) is 0 Å². The number of hydrogen-bond donors (Lipinski definition) is 2. The third-order valence-corrected chi connectivity index (χ3v) is 3.57. The summed E-state index contributed by atoms with van der Waals surface area (Å²) in [5.74, 6) is 1.31. The highest BCUT2D eigenvalue weighted by Gasteiger charge is 2.32. The minimum absolute atomic E-state index is 0.541. The van der Waals surface area contributed by atoms with Crippen LogP contribution in [0.5, 0.6) is 0 Å². The van der Waals surface area contributed by atoms with Crippen LogP contribution in [-0.4, -0.2) is 16.7 Å². The number of nitrogens with one attached hydrogen (secondary N) is 1. The largest absolute Gasteiger partial charge is 0.330 e. The first-order chi connectivity index (χ1) is 6.90. The predicted molar refractivity (Wildman–Crippen MR) is 55.3 cm³/mol. The minimum Gasteiger partial charge on any atom is -0.330 e. The van der Waals surface area contributed by atoms with E-state index >= 15 is 0 Å². The predicted octanol–water partition coefficient (Wildman–Crippen LogP) is 1.67. The molecule has 0 saturated heterocycles. The van der Waals surface area contributed by atoms with Gasteiger partial charge in [-0.25, -0.2) is 0 Å². The Morgan fingerprint density at radius 2 is 2.21 bits per heavy atom. The molecule has 2 aliphatic rings. The molecule has 0 spiro atoms. The summed E-state index contributed by atoms with van der Waals surface area (Å²) < 4.78 is 0. The van der Waals surface area contributed by atoms with Crippen molar-refractivity contribution >= 4 is 0 Å². The Bertz CT molecular complexity index is 338. The van der Waals surface area contributed by atoms with Crippen molar-refractivity contribution in [3.05, 3.63) is 17.0 Å². The number of fused-ring (bicyclic) bond motifs is 1. The molecule has 1 fully saturated rings. The second-order valence-electron chi connectivity index (χ2n) is 4.60. The lowest BCUT2D eigenvalue weighted by Crippen LogP contribution is -2.18. The molecule has 1 heterocycles. The van der Waals surface area contributed by atoms with E-state index in [0.717, 1.165) is 12.5 Å². The average molecular weight is 191 g/mol. The second kappa shape index (κ2) is 3.09. The van der Waals surface area contributed by atoms with Crippen molar-refractivity contribution in [3.8, 4) is 0 Å². The van der Waals surface area contributed by atoms with Crippen LogP contribution in [0.3, 0.4) is 0 Å². The van der Waals surface area contributed by atoms with Crippen LogP contribution in [0.1, 0.15) is 54.5 Å². The van der Waals surface area contributed by atoms with E-state index in [1.165, 1.54) is 49.1 Å². The van der Waals surface area contributed by atoms with Crippen molar-refractivity contribution in [2.45, 2.75) is 43.9 Å². The highest BCUT2D eigenvalue weighted by Crippen LogP contribution is 2.43. The van der Waals surface area contributed by atoms with Gasteiger partial charge in [-0.1, -0.05) is 0 Å². The number of aromatic nitrogens is 2. The molecule has 3 heteroatoms. The summed E-state index contributed by atoms with van der Waals surface area (Å²) in [6.45, 7) is 0.763. The number of aromatic amines is 1. The van der Waals surface area contributed by atoms with Gasteiger partial charge >= 0.3 is 0 Å². The summed E-state index contributed by atoms with van der Waals surface area (Å²) in [6, 6.07) is 0. The summed E-state index contributed by atoms with van der Waals surface area (Å²) in [5.41, 5.74) is 9.99. The van der Waals surface area contributed by atoms with Gasteiger partial charge in [-0.2, -0.15) is 5.10 Å². The highest BCUT2D eigenvalue weighted by atomic mass is 15.1. The average Bonchev–Trinajstić information content (AvgIpc) is 2.97. The summed E-state index contributed by atoms with van der Waals surface area (Å²) in [6.07, 6.45) is 6.41. The van der Waals surface area contributed by atoms with Gasteiger partial charge in [0, 0.05) is 24.1 Å². The van der Waals surface area contributed by atoms with Gasteiger partial charge in [0.1, 0.15) is 0 Å². The van der Waals surface area contributed by atoms with Gasteiger partial charge in [-0.05, 0) is 37.7 Å². The first-order valence-electron chi connectivity index (χ1n) is 5.67. The smallest absolute Gasteiger partial charge is 0.0687 e. The van der Waals surface area contributed by atoms with Crippen LogP contribution in [-0.2, 0) is 6.42 Å². The maximum absolute atomic E-state index is 5.77. The van der Waals surface area contributed by atoms with Gasteiger partial charge in [0.15, 0.2) is 0 Å². The lowest BCUT2D eigenvalue weighted by Gasteiger charge is -2.20. The van der Waals surface area contributed by atoms with E-state index in [1.54, 1.807) is 0 Å². The van der Waals surface area contributed by atoms with E-state index in [0.29, 0.717) is 5.92 Å². The molecule has 76 valence electrons. The number of rotatable bonds is 2. The Labute approximate surface area is 84.1 Å². The lowest BCUT2D eigenvalue weighted by atomic mass is 9.86. The Kier molecular flexibility index (Phi) is 1.87. The van der Waals surface area contributed by atoms with E-state index in [-0.39, 0.29) is 0 Å². The van der Waals surface area contributed by atoms with Crippen LogP contribution in [0.15, 0.2) is 0 Å². The molecule has 0 aliphatic heterocycles. The van der Waals surface area contributed by atoms with Gasteiger partial charge in [0.2, 0.25) is 0 Å². The van der Waals surface area contributed by atoms with Crippen molar-refractivity contribution in [2.75, 3.05) is 6.54 Å². The molecule has 14 heavy (non-hydrogen) atoms. The minimum atomic E-state index is 0.541. The molecule has 3 N–H and O–H groups in total. The lowest BCUT2D eigenvalue weighted by molar-refractivity contribution is 0.548. The van der Waals surface area contributed by atoms with Crippen molar-refractivity contribution in [2.24, 2.45) is 5.73 Å². The molecule has 1 aromatic rings. The molecule has 0 radical (unpaired) electrons. The van der Waals surface area contributed by atoms with Crippen molar-refractivity contribution < 1.29 is 0 Å². The van der Waals surface area contributed by atoms with E-state index in [2.05, 4.69) is 10.2 Å². The summed E-state index contributed by atoms with van der Waals surface area (Å²) in [7, 11) is 0. The molecular formula is C11H17N3. The first kappa shape index (κ1) is 8.48. The molecule has 0 bridgehead atoms. The van der Waals surface area contributed by atoms with Gasteiger partial charge in [0.05, 0.1) is 5.69 Å². The Balaban J connectivity index is 1.99. The fourth-order valence-electron chi connectivity index (χ4n) is 2.59.